The van der Waals surface area contributed by atoms with Crippen molar-refractivity contribution in [1.82, 2.24) is 0 Å². The Hall–Kier alpha value is -1.16. The van der Waals surface area contributed by atoms with E-state index in [1.165, 1.54) is 5.57 Å². The zero-order chi connectivity index (χ0) is 25.1. The number of carboxylic acid groups (broad SMARTS) is 1. The number of aliphatic carboxylic acids is 1. The maximum atomic E-state index is 14.2. The van der Waals surface area contributed by atoms with Gasteiger partial charge in [0.25, 0.3) is 0 Å². The molecule has 5 aliphatic carbocycles. The molecule has 5 aliphatic rings. The minimum atomic E-state index is -0.697. The van der Waals surface area contributed by atoms with E-state index in [2.05, 4.69) is 47.6 Å². The molecule has 0 aromatic heterocycles. The van der Waals surface area contributed by atoms with Crippen molar-refractivity contribution in [2.75, 3.05) is 0 Å². The molecule has 5 rings (SSSR count). The van der Waals surface area contributed by atoms with Gasteiger partial charge in [0.1, 0.15) is 0 Å². The minimum Gasteiger partial charge on any atom is -0.481 e. The minimum absolute atomic E-state index is 0.0260. The van der Waals surface area contributed by atoms with Crippen LogP contribution in [0.1, 0.15) is 106 Å². The van der Waals surface area contributed by atoms with Crippen LogP contribution in [0.2, 0.25) is 0 Å². The predicted molar refractivity (Wildman–Crippen MR) is 135 cm³/mol. The fraction of sp³-hybridized carbons (Fsp3) is 0.867. The number of allylic oxidation sites excluding steroid dienone is 2. The summed E-state index contributed by atoms with van der Waals surface area (Å²) in [5, 5.41) is 10.1. The SMILES string of the molecule is CC12CC[C@](C)(C(=O)O)CC1C1=CC(=O)C3C4(C)CCC(N)C(C)(C)C4CCC3(C)[C@]1(C)CC2. The molecule has 0 amide bonds. The molecule has 0 aromatic rings. The van der Waals surface area contributed by atoms with Crippen LogP contribution in [0, 0.1) is 50.2 Å². The summed E-state index contributed by atoms with van der Waals surface area (Å²) >= 11 is 0. The van der Waals surface area contributed by atoms with Gasteiger partial charge in [-0.25, -0.2) is 0 Å². The number of rotatable bonds is 1. The topological polar surface area (TPSA) is 80.4 Å². The highest BCUT2D eigenvalue weighted by Gasteiger charge is 2.70. The van der Waals surface area contributed by atoms with Crippen LogP contribution < -0.4 is 5.73 Å². The second kappa shape index (κ2) is 6.99. The fourth-order valence-corrected chi connectivity index (χ4v) is 10.4. The van der Waals surface area contributed by atoms with Gasteiger partial charge in [0, 0.05) is 12.0 Å². The van der Waals surface area contributed by atoms with E-state index in [0.29, 0.717) is 18.1 Å². The Kier molecular flexibility index (Phi) is 5.04. The van der Waals surface area contributed by atoms with E-state index < -0.39 is 11.4 Å². The van der Waals surface area contributed by atoms with Gasteiger partial charge in [-0.2, -0.15) is 0 Å². The van der Waals surface area contributed by atoms with E-state index in [4.69, 9.17) is 5.73 Å². The zero-order valence-electron chi connectivity index (χ0n) is 22.6. The number of fused-ring (bicyclic) bond motifs is 7. The zero-order valence-corrected chi connectivity index (χ0v) is 22.6. The van der Waals surface area contributed by atoms with Gasteiger partial charge in [-0.3, -0.25) is 9.59 Å². The van der Waals surface area contributed by atoms with Gasteiger partial charge in [-0.15, -0.1) is 0 Å². The molecule has 4 fully saturated rings. The van der Waals surface area contributed by atoms with Gasteiger partial charge in [0.15, 0.2) is 5.78 Å². The quantitative estimate of drug-likeness (QED) is 0.467. The molecule has 0 radical (unpaired) electrons. The van der Waals surface area contributed by atoms with Crippen LogP contribution in [0.5, 0.6) is 0 Å². The first kappa shape index (κ1) is 24.5. The molecule has 0 aliphatic heterocycles. The van der Waals surface area contributed by atoms with Crippen molar-refractivity contribution in [2.24, 2.45) is 56.0 Å². The summed E-state index contributed by atoms with van der Waals surface area (Å²) in [7, 11) is 0. The molecule has 0 spiro atoms. The summed E-state index contributed by atoms with van der Waals surface area (Å²) in [4.78, 5) is 26.5. The van der Waals surface area contributed by atoms with E-state index in [-0.39, 0.29) is 45.0 Å². The number of hydrogen-bond acceptors (Lipinski definition) is 3. The highest BCUT2D eigenvalue weighted by Crippen LogP contribution is 2.75. The van der Waals surface area contributed by atoms with E-state index >= 15 is 0 Å². The van der Waals surface area contributed by atoms with Gasteiger partial charge in [-0.1, -0.05) is 47.1 Å². The van der Waals surface area contributed by atoms with Crippen molar-refractivity contribution in [1.29, 1.82) is 0 Å². The summed E-state index contributed by atoms with van der Waals surface area (Å²) in [6, 6.07) is 0.196. The van der Waals surface area contributed by atoms with Crippen molar-refractivity contribution >= 4 is 11.8 Å². The van der Waals surface area contributed by atoms with Crippen molar-refractivity contribution in [3.05, 3.63) is 11.6 Å². The third-order valence-electron chi connectivity index (χ3n) is 13.2. The highest BCUT2D eigenvalue weighted by atomic mass is 16.4. The molecular formula is C30H47NO3. The molecule has 34 heavy (non-hydrogen) atoms. The van der Waals surface area contributed by atoms with Gasteiger partial charge in [0.2, 0.25) is 0 Å². The Labute approximate surface area is 206 Å². The average molecular weight is 470 g/mol. The smallest absolute Gasteiger partial charge is 0.309 e. The maximum Gasteiger partial charge on any atom is 0.309 e. The highest BCUT2D eigenvalue weighted by molar-refractivity contribution is 5.95. The van der Waals surface area contributed by atoms with E-state index in [9.17, 15) is 14.7 Å². The molecule has 0 aromatic carbocycles. The van der Waals surface area contributed by atoms with Gasteiger partial charge >= 0.3 is 5.97 Å². The summed E-state index contributed by atoms with van der Waals surface area (Å²) in [6.45, 7) is 16.2. The average Bonchev–Trinajstić information content (AvgIpc) is 2.73. The van der Waals surface area contributed by atoms with Crippen molar-refractivity contribution in [3.8, 4) is 0 Å². The Balaban J connectivity index is 1.62. The van der Waals surface area contributed by atoms with Gasteiger partial charge < -0.3 is 10.8 Å². The number of hydrogen-bond donors (Lipinski definition) is 2. The summed E-state index contributed by atoms with van der Waals surface area (Å²) in [5.74, 6) is 0.313. The van der Waals surface area contributed by atoms with Gasteiger partial charge in [0.05, 0.1) is 5.41 Å². The monoisotopic (exact) mass is 469 g/mol. The molecule has 4 nitrogen and oxygen atoms in total. The summed E-state index contributed by atoms with van der Waals surface area (Å²) in [6.07, 6.45) is 10.9. The van der Waals surface area contributed by atoms with E-state index in [1.807, 2.05) is 6.92 Å². The Morgan fingerprint density at radius 1 is 0.941 bits per heavy atom. The number of carboxylic acids is 1. The molecule has 3 N–H and O–H groups in total. The molecule has 7 unspecified atom stereocenters. The van der Waals surface area contributed by atoms with Crippen molar-refractivity contribution in [2.45, 2.75) is 112 Å². The van der Waals surface area contributed by atoms with E-state index in [1.54, 1.807) is 0 Å². The Morgan fingerprint density at radius 2 is 1.59 bits per heavy atom. The second-order valence-electron chi connectivity index (χ2n) is 15.0. The second-order valence-corrected chi connectivity index (χ2v) is 15.0. The van der Waals surface area contributed by atoms with Crippen LogP contribution in [0.3, 0.4) is 0 Å². The maximum absolute atomic E-state index is 14.2. The third kappa shape index (κ3) is 2.81. The van der Waals surface area contributed by atoms with E-state index in [0.717, 1.165) is 51.4 Å². The largest absolute Gasteiger partial charge is 0.481 e. The van der Waals surface area contributed by atoms with Gasteiger partial charge in [-0.05, 0) is 110 Å². The molecule has 0 heterocycles. The lowest BCUT2D eigenvalue weighted by atomic mass is 9.33. The van der Waals surface area contributed by atoms with Crippen LogP contribution in [0.4, 0.5) is 0 Å². The normalized spacial score (nSPS) is 54.1. The molecule has 9 atom stereocenters. The molecule has 190 valence electrons. The lowest BCUT2D eigenvalue weighted by Gasteiger charge is -2.70. The molecule has 4 heteroatoms. The van der Waals surface area contributed by atoms with Crippen molar-refractivity contribution in [3.63, 3.8) is 0 Å². The summed E-state index contributed by atoms with van der Waals surface area (Å²) < 4.78 is 0. The van der Waals surface area contributed by atoms with Crippen LogP contribution in [0.25, 0.3) is 0 Å². The lowest BCUT2D eigenvalue weighted by molar-refractivity contribution is -0.188. The number of ketones is 1. The number of nitrogens with two attached hydrogens (primary N) is 1. The summed E-state index contributed by atoms with van der Waals surface area (Å²) in [5.41, 5.74) is 7.21. The Bertz CT molecular complexity index is 968. The molecule has 4 saturated carbocycles. The van der Waals surface area contributed by atoms with Crippen molar-refractivity contribution < 1.29 is 14.7 Å². The third-order valence-corrected chi connectivity index (χ3v) is 13.2. The standard InChI is InChI=1S/C30H47NO3/c1-25(2)21-8-11-30(7)23(28(21,5)10-9-22(25)31)20(32)16-18-19-17-27(4,24(33)34)13-12-26(19,3)14-15-29(18,30)6/h16,19,21-23H,8-15,17,31H2,1-7H3,(H,33,34)/t19?,21?,22?,23?,26?,27-,28?,29+,30?/m0/s1. The van der Waals surface area contributed by atoms with Crippen LogP contribution >= 0.6 is 0 Å². The van der Waals surface area contributed by atoms with Crippen LogP contribution in [0.15, 0.2) is 11.6 Å². The first-order valence-corrected chi connectivity index (χ1v) is 13.8. The number of carbonyl (C=O) groups excluding carboxylic acids is 1. The molecular weight excluding hydrogens is 422 g/mol. The lowest BCUT2D eigenvalue weighted by Crippen LogP contribution is -2.67. The number of carbonyl (C=O) groups is 2. The Morgan fingerprint density at radius 3 is 2.24 bits per heavy atom. The molecule has 0 saturated heterocycles. The van der Waals surface area contributed by atoms with Crippen LogP contribution in [-0.4, -0.2) is 22.9 Å². The molecule has 0 bridgehead atoms. The predicted octanol–water partition coefficient (Wildman–Crippen LogP) is 6.38. The first-order chi connectivity index (χ1) is 15.6. The first-order valence-electron chi connectivity index (χ1n) is 13.8. The fourth-order valence-electron chi connectivity index (χ4n) is 10.4. The van der Waals surface area contributed by atoms with Crippen LogP contribution in [-0.2, 0) is 9.59 Å².